The molecular formula is C25H32F3N3O4S. The summed E-state index contributed by atoms with van der Waals surface area (Å²) in [4.78, 5) is 27.1. The molecule has 0 bridgehead atoms. The van der Waals surface area contributed by atoms with Crippen molar-refractivity contribution in [1.29, 1.82) is 0 Å². The van der Waals surface area contributed by atoms with Crippen molar-refractivity contribution in [3.8, 4) is 0 Å². The lowest BCUT2D eigenvalue weighted by atomic mass is 10.1. The summed E-state index contributed by atoms with van der Waals surface area (Å²) >= 11 is 0. The molecule has 11 heteroatoms. The van der Waals surface area contributed by atoms with Gasteiger partial charge in [0.25, 0.3) is 0 Å². The number of carbonyl (C=O) groups is 2. The van der Waals surface area contributed by atoms with E-state index >= 15 is 0 Å². The molecule has 0 saturated heterocycles. The minimum Gasteiger partial charge on any atom is -0.355 e. The van der Waals surface area contributed by atoms with Crippen LogP contribution in [0.15, 0.2) is 48.5 Å². The van der Waals surface area contributed by atoms with Gasteiger partial charge in [0, 0.05) is 26.1 Å². The number of halogens is 3. The van der Waals surface area contributed by atoms with Crippen molar-refractivity contribution in [3.05, 3.63) is 65.2 Å². The number of nitrogens with zero attached hydrogens (tertiary/aromatic N) is 2. The third-order valence-corrected chi connectivity index (χ3v) is 6.93. The van der Waals surface area contributed by atoms with Crippen LogP contribution in [0.5, 0.6) is 0 Å². The molecule has 0 aliphatic carbocycles. The van der Waals surface area contributed by atoms with Gasteiger partial charge in [-0.25, -0.2) is 8.42 Å². The van der Waals surface area contributed by atoms with Gasteiger partial charge in [-0.1, -0.05) is 30.3 Å². The van der Waals surface area contributed by atoms with E-state index in [1.165, 1.54) is 11.0 Å². The van der Waals surface area contributed by atoms with Crippen LogP contribution in [0.3, 0.4) is 0 Å². The number of likely N-dealkylation sites (N-methyl/N-ethyl adjacent to an activating group) is 1. The van der Waals surface area contributed by atoms with Crippen LogP contribution in [0.1, 0.15) is 43.4 Å². The van der Waals surface area contributed by atoms with Gasteiger partial charge in [0.05, 0.1) is 17.5 Å². The molecule has 2 amide bonds. The van der Waals surface area contributed by atoms with Crippen LogP contribution in [0.2, 0.25) is 0 Å². The van der Waals surface area contributed by atoms with Gasteiger partial charge in [-0.15, -0.1) is 0 Å². The maximum atomic E-state index is 13.2. The fraction of sp³-hybridized carbons (Fsp3) is 0.440. The summed E-state index contributed by atoms with van der Waals surface area (Å²) in [6.07, 6.45) is -3.77. The largest absolute Gasteiger partial charge is 0.416 e. The summed E-state index contributed by atoms with van der Waals surface area (Å²) in [5.74, 6) is -0.685. The zero-order valence-electron chi connectivity index (χ0n) is 20.8. The number of benzene rings is 2. The first-order valence-corrected chi connectivity index (χ1v) is 13.4. The van der Waals surface area contributed by atoms with Crippen LogP contribution in [-0.4, -0.2) is 50.5 Å². The SMILES string of the molecule is CCNC(=O)[C@H](C)N(Cc1ccccc1C)C(=O)CCCN(c1cccc(C(F)(F)F)c1)S(C)(=O)=O. The van der Waals surface area contributed by atoms with Gasteiger partial charge in [0.15, 0.2) is 0 Å². The second-order valence-electron chi connectivity index (χ2n) is 8.51. The molecule has 0 aliphatic rings. The molecule has 2 rings (SSSR count). The average molecular weight is 528 g/mol. The Labute approximate surface area is 210 Å². The van der Waals surface area contributed by atoms with E-state index in [4.69, 9.17) is 0 Å². The minimum absolute atomic E-state index is 0.0501. The van der Waals surface area contributed by atoms with Crippen LogP contribution in [0.4, 0.5) is 18.9 Å². The van der Waals surface area contributed by atoms with Gasteiger partial charge in [-0.2, -0.15) is 13.2 Å². The Morgan fingerprint density at radius 2 is 1.75 bits per heavy atom. The highest BCUT2D eigenvalue weighted by Crippen LogP contribution is 2.32. The summed E-state index contributed by atoms with van der Waals surface area (Å²) in [5, 5.41) is 2.70. The van der Waals surface area contributed by atoms with Gasteiger partial charge in [-0.05, 0) is 56.5 Å². The van der Waals surface area contributed by atoms with Crippen LogP contribution in [-0.2, 0) is 32.3 Å². The van der Waals surface area contributed by atoms with Gasteiger partial charge in [-0.3, -0.25) is 13.9 Å². The molecule has 0 saturated carbocycles. The minimum atomic E-state index is -4.62. The van der Waals surface area contributed by atoms with Crippen molar-refractivity contribution >= 4 is 27.5 Å². The molecule has 1 N–H and O–H groups in total. The van der Waals surface area contributed by atoms with Crippen LogP contribution >= 0.6 is 0 Å². The van der Waals surface area contributed by atoms with E-state index in [2.05, 4.69) is 5.32 Å². The van der Waals surface area contributed by atoms with E-state index in [1.807, 2.05) is 31.2 Å². The van der Waals surface area contributed by atoms with E-state index in [0.29, 0.717) is 6.54 Å². The Morgan fingerprint density at radius 1 is 1.08 bits per heavy atom. The Hall–Kier alpha value is -3.08. The number of hydrogen-bond acceptors (Lipinski definition) is 4. The molecule has 1 atom stereocenters. The number of anilines is 1. The molecule has 198 valence electrons. The highest BCUT2D eigenvalue weighted by Gasteiger charge is 2.32. The second kappa shape index (κ2) is 12.2. The molecule has 0 heterocycles. The van der Waals surface area contributed by atoms with Crippen molar-refractivity contribution < 1.29 is 31.2 Å². The maximum Gasteiger partial charge on any atom is 0.416 e. The summed E-state index contributed by atoms with van der Waals surface area (Å²) in [6, 6.07) is 10.7. The third-order valence-electron chi connectivity index (χ3n) is 5.73. The van der Waals surface area contributed by atoms with Crippen LogP contribution in [0.25, 0.3) is 0 Å². The number of amides is 2. The topological polar surface area (TPSA) is 86.8 Å². The predicted molar refractivity (Wildman–Crippen MR) is 133 cm³/mol. The zero-order chi connectivity index (χ0) is 27.1. The van der Waals surface area contributed by atoms with Crippen LogP contribution < -0.4 is 9.62 Å². The normalized spacial score (nSPS) is 12.6. The van der Waals surface area contributed by atoms with Gasteiger partial charge >= 0.3 is 6.18 Å². The van der Waals surface area contributed by atoms with Crippen molar-refractivity contribution in [2.75, 3.05) is 23.7 Å². The summed E-state index contributed by atoms with van der Waals surface area (Å²) in [6.45, 7) is 5.68. The smallest absolute Gasteiger partial charge is 0.355 e. The van der Waals surface area contributed by atoms with E-state index < -0.39 is 27.8 Å². The van der Waals surface area contributed by atoms with Gasteiger partial charge in [0.2, 0.25) is 21.8 Å². The molecule has 0 spiro atoms. The molecule has 0 unspecified atom stereocenters. The Morgan fingerprint density at radius 3 is 2.33 bits per heavy atom. The van der Waals surface area contributed by atoms with E-state index in [-0.39, 0.29) is 43.4 Å². The van der Waals surface area contributed by atoms with E-state index in [1.54, 1.807) is 13.8 Å². The number of carbonyl (C=O) groups excluding carboxylic acids is 2. The van der Waals surface area contributed by atoms with Gasteiger partial charge in [0.1, 0.15) is 6.04 Å². The molecule has 36 heavy (non-hydrogen) atoms. The number of nitrogens with one attached hydrogen (secondary N) is 1. The zero-order valence-corrected chi connectivity index (χ0v) is 21.6. The fourth-order valence-electron chi connectivity index (χ4n) is 3.72. The fourth-order valence-corrected chi connectivity index (χ4v) is 4.67. The molecule has 2 aromatic carbocycles. The Bertz CT molecular complexity index is 1170. The Balaban J connectivity index is 2.21. The molecular weight excluding hydrogens is 495 g/mol. The van der Waals surface area contributed by atoms with Crippen molar-refractivity contribution in [2.45, 2.75) is 52.4 Å². The van der Waals surface area contributed by atoms with E-state index in [9.17, 15) is 31.2 Å². The van der Waals surface area contributed by atoms with Crippen molar-refractivity contribution in [1.82, 2.24) is 10.2 Å². The average Bonchev–Trinajstić information content (AvgIpc) is 2.79. The molecule has 0 fully saturated rings. The van der Waals surface area contributed by atoms with Gasteiger partial charge < -0.3 is 10.2 Å². The maximum absolute atomic E-state index is 13.2. The first-order chi connectivity index (χ1) is 16.8. The van der Waals surface area contributed by atoms with Crippen molar-refractivity contribution in [3.63, 3.8) is 0 Å². The number of aryl methyl sites for hydroxylation is 1. The first-order valence-electron chi connectivity index (χ1n) is 11.5. The van der Waals surface area contributed by atoms with Crippen LogP contribution in [0, 0.1) is 6.92 Å². The Kier molecular flexibility index (Phi) is 9.92. The molecule has 0 radical (unpaired) electrons. The number of hydrogen-bond donors (Lipinski definition) is 1. The molecule has 7 nitrogen and oxygen atoms in total. The number of alkyl halides is 3. The molecule has 0 aromatic heterocycles. The third kappa shape index (κ3) is 7.97. The quantitative estimate of drug-likeness (QED) is 0.477. The molecule has 0 aliphatic heterocycles. The summed E-state index contributed by atoms with van der Waals surface area (Å²) < 4.78 is 64.9. The lowest BCUT2D eigenvalue weighted by Crippen LogP contribution is -2.47. The number of sulfonamides is 1. The molecule has 2 aromatic rings. The predicted octanol–water partition coefficient (Wildman–Crippen LogP) is 4.11. The van der Waals surface area contributed by atoms with E-state index in [0.717, 1.165) is 39.9 Å². The van der Waals surface area contributed by atoms with Crippen molar-refractivity contribution in [2.24, 2.45) is 0 Å². The second-order valence-corrected chi connectivity index (χ2v) is 10.4. The summed E-state index contributed by atoms with van der Waals surface area (Å²) in [7, 11) is -3.91. The standard InChI is InChI=1S/C25H32F3N3O4S/c1-5-29-24(33)19(3)30(17-20-11-7-6-10-18(20)2)23(32)14-9-15-31(36(4,34)35)22-13-8-12-21(16-22)25(26,27)28/h6-8,10-13,16,19H,5,9,14-15,17H2,1-4H3,(H,29,33)/t19-/m0/s1. The highest BCUT2D eigenvalue weighted by atomic mass is 32.2. The highest BCUT2D eigenvalue weighted by molar-refractivity contribution is 7.92. The monoisotopic (exact) mass is 527 g/mol. The lowest BCUT2D eigenvalue weighted by molar-refractivity contribution is -0.140. The lowest BCUT2D eigenvalue weighted by Gasteiger charge is -2.30. The summed E-state index contributed by atoms with van der Waals surface area (Å²) in [5.41, 5.74) is 0.715. The first kappa shape index (κ1) is 29.2. The number of rotatable bonds is 11.